The Balaban J connectivity index is 2.14. The van der Waals surface area contributed by atoms with E-state index in [-0.39, 0.29) is 6.61 Å². The molecule has 21 heavy (non-hydrogen) atoms. The number of nitrogen functional groups attached to an aromatic ring is 1. The SMILES string of the molecule is CCOC(=O)c1c(-c2ccc3[nH]c(=O)oc3c2)csc1N. The van der Waals surface area contributed by atoms with Crippen molar-refractivity contribution in [2.45, 2.75) is 6.92 Å². The molecule has 0 aliphatic carbocycles. The second-order valence-electron chi connectivity index (χ2n) is 4.33. The summed E-state index contributed by atoms with van der Waals surface area (Å²) in [4.78, 5) is 25.8. The van der Waals surface area contributed by atoms with E-state index < -0.39 is 11.7 Å². The Kier molecular flexibility index (Phi) is 3.26. The normalized spacial score (nSPS) is 10.9. The highest BCUT2D eigenvalue weighted by molar-refractivity contribution is 7.14. The molecular weight excluding hydrogens is 292 g/mol. The molecule has 0 fully saturated rings. The summed E-state index contributed by atoms with van der Waals surface area (Å²) in [5.41, 5.74) is 8.65. The van der Waals surface area contributed by atoms with Crippen LogP contribution in [0.2, 0.25) is 0 Å². The summed E-state index contributed by atoms with van der Waals surface area (Å²) in [5.74, 6) is -0.973. The van der Waals surface area contributed by atoms with E-state index in [0.29, 0.717) is 27.2 Å². The zero-order valence-electron chi connectivity index (χ0n) is 11.1. The van der Waals surface area contributed by atoms with Gasteiger partial charge in [0.15, 0.2) is 5.58 Å². The minimum atomic E-state index is -0.516. The second kappa shape index (κ2) is 5.10. The molecule has 3 rings (SSSR count). The van der Waals surface area contributed by atoms with Crippen LogP contribution in [0.5, 0.6) is 0 Å². The number of fused-ring (bicyclic) bond motifs is 1. The highest BCUT2D eigenvalue weighted by Gasteiger charge is 2.20. The highest BCUT2D eigenvalue weighted by Crippen LogP contribution is 2.35. The molecule has 3 N–H and O–H groups in total. The summed E-state index contributed by atoms with van der Waals surface area (Å²) in [6, 6.07) is 5.20. The van der Waals surface area contributed by atoms with E-state index in [1.54, 1.807) is 30.5 Å². The predicted molar refractivity (Wildman–Crippen MR) is 80.5 cm³/mol. The maximum atomic E-state index is 12.0. The smallest absolute Gasteiger partial charge is 0.417 e. The molecule has 0 spiro atoms. The van der Waals surface area contributed by atoms with E-state index in [0.717, 1.165) is 5.56 Å². The van der Waals surface area contributed by atoms with Gasteiger partial charge >= 0.3 is 11.7 Å². The van der Waals surface area contributed by atoms with Crippen LogP contribution in [0.25, 0.3) is 22.2 Å². The Hall–Kier alpha value is -2.54. The van der Waals surface area contributed by atoms with Crippen molar-refractivity contribution >= 4 is 33.4 Å². The maximum Gasteiger partial charge on any atom is 0.417 e. The number of anilines is 1. The lowest BCUT2D eigenvalue weighted by molar-refractivity contribution is 0.0529. The quantitative estimate of drug-likeness (QED) is 0.725. The van der Waals surface area contributed by atoms with Crippen LogP contribution in [0.1, 0.15) is 17.3 Å². The number of thiophene rings is 1. The molecule has 3 aromatic rings. The van der Waals surface area contributed by atoms with Crippen LogP contribution in [-0.4, -0.2) is 17.6 Å². The number of hydrogen-bond acceptors (Lipinski definition) is 6. The van der Waals surface area contributed by atoms with Gasteiger partial charge in [0.1, 0.15) is 10.6 Å². The van der Waals surface area contributed by atoms with E-state index in [4.69, 9.17) is 14.9 Å². The van der Waals surface area contributed by atoms with Crippen LogP contribution in [0.3, 0.4) is 0 Å². The molecule has 0 aliphatic heterocycles. The van der Waals surface area contributed by atoms with Gasteiger partial charge in [-0.25, -0.2) is 9.59 Å². The molecule has 2 heterocycles. The molecule has 0 bridgehead atoms. The van der Waals surface area contributed by atoms with Gasteiger partial charge in [-0.05, 0) is 24.6 Å². The number of rotatable bonds is 3. The van der Waals surface area contributed by atoms with Gasteiger partial charge in [-0.15, -0.1) is 11.3 Å². The third kappa shape index (κ3) is 2.31. The molecule has 0 saturated heterocycles. The minimum absolute atomic E-state index is 0.277. The van der Waals surface area contributed by atoms with Crippen molar-refractivity contribution in [3.8, 4) is 11.1 Å². The average molecular weight is 304 g/mol. The summed E-state index contributed by atoms with van der Waals surface area (Å²) in [6.07, 6.45) is 0. The zero-order valence-corrected chi connectivity index (χ0v) is 12.0. The number of hydrogen-bond donors (Lipinski definition) is 2. The number of oxazole rings is 1. The molecule has 1 aromatic carbocycles. The van der Waals surface area contributed by atoms with Crippen molar-refractivity contribution in [2.24, 2.45) is 0 Å². The first-order chi connectivity index (χ1) is 10.1. The fourth-order valence-corrected chi connectivity index (χ4v) is 2.92. The average Bonchev–Trinajstić information content (AvgIpc) is 2.99. The molecule has 0 aliphatic rings. The van der Waals surface area contributed by atoms with Gasteiger partial charge in [-0.1, -0.05) is 6.07 Å². The number of ether oxygens (including phenoxy) is 1. The van der Waals surface area contributed by atoms with E-state index in [1.807, 2.05) is 0 Å². The number of aromatic amines is 1. The Bertz CT molecular complexity index is 875. The summed E-state index contributed by atoms with van der Waals surface area (Å²) in [6.45, 7) is 2.01. The van der Waals surface area contributed by atoms with Crippen molar-refractivity contribution in [1.29, 1.82) is 0 Å². The van der Waals surface area contributed by atoms with Crippen LogP contribution in [-0.2, 0) is 4.74 Å². The first-order valence-electron chi connectivity index (χ1n) is 6.27. The van der Waals surface area contributed by atoms with Gasteiger partial charge in [-0.2, -0.15) is 0 Å². The number of carbonyl (C=O) groups is 1. The third-order valence-electron chi connectivity index (χ3n) is 3.03. The Labute approximate surface area is 123 Å². The van der Waals surface area contributed by atoms with Crippen molar-refractivity contribution < 1.29 is 13.9 Å². The Morgan fingerprint density at radius 1 is 1.48 bits per heavy atom. The van der Waals surface area contributed by atoms with E-state index in [2.05, 4.69) is 4.98 Å². The summed E-state index contributed by atoms with van der Waals surface area (Å²) >= 11 is 1.27. The number of carbonyl (C=O) groups excluding carboxylic acids is 1. The molecule has 2 aromatic heterocycles. The fourth-order valence-electron chi connectivity index (χ4n) is 2.11. The van der Waals surface area contributed by atoms with Gasteiger partial charge in [0.05, 0.1) is 12.1 Å². The number of aromatic nitrogens is 1. The Morgan fingerprint density at radius 2 is 2.29 bits per heavy atom. The van der Waals surface area contributed by atoms with Gasteiger partial charge in [0, 0.05) is 10.9 Å². The zero-order chi connectivity index (χ0) is 15.0. The van der Waals surface area contributed by atoms with E-state index in [9.17, 15) is 9.59 Å². The van der Waals surface area contributed by atoms with Gasteiger partial charge in [0.2, 0.25) is 0 Å². The van der Waals surface area contributed by atoms with Crippen molar-refractivity contribution in [3.63, 3.8) is 0 Å². The number of esters is 1. The van der Waals surface area contributed by atoms with Crippen molar-refractivity contribution in [1.82, 2.24) is 4.98 Å². The number of benzene rings is 1. The first kappa shape index (κ1) is 13.4. The lowest BCUT2D eigenvalue weighted by Crippen LogP contribution is -2.07. The summed E-state index contributed by atoms with van der Waals surface area (Å²) in [5, 5.41) is 2.19. The van der Waals surface area contributed by atoms with Crippen LogP contribution in [0.4, 0.5) is 5.00 Å². The topological polar surface area (TPSA) is 98.3 Å². The minimum Gasteiger partial charge on any atom is -0.462 e. The molecule has 0 amide bonds. The monoisotopic (exact) mass is 304 g/mol. The van der Waals surface area contributed by atoms with E-state index in [1.165, 1.54) is 11.3 Å². The third-order valence-corrected chi connectivity index (χ3v) is 3.84. The molecular formula is C14H12N2O4S. The summed E-state index contributed by atoms with van der Waals surface area (Å²) in [7, 11) is 0. The van der Waals surface area contributed by atoms with Gasteiger partial charge in [-0.3, -0.25) is 4.98 Å². The molecule has 0 unspecified atom stereocenters. The fraction of sp³-hybridized carbons (Fsp3) is 0.143. The van der Waals surface area contributed by atoms with E-state index >= 15 is 0 Å². The number of H-pyrrole nitrogens is 1. The molecule has 0 atom stereocenters. The second-order valence-corrected chi connectivity index (χ2v) is 5.25. The molecule has 7 heteroatoms. The molecule has 0 saturated carbocycles. The first-order valence-corrected chi connectivity index (χ1v) is 7.15. The highest BCUT2D eigenvalue weighted by atomic mass is 32.1. The molecule has 0 radical (unpaired) electrons. The van der Waals surface area contributed by atoms with Crippen molar-refractivity contribution in [3.05, 3.63) is 39.7 Å². The standard InChI is InChI=1S/C14H12N2O4S/c1-2-19-13(17)11-8(6-21-12(11)15)7-3-4-9-10(5-7)20-14(18)16-9/h3-6H,2,15H2,1H3,(H,16,18). The largest absolute Gasteiger partial charge is 0.462 e. The molecule has 6 nitrogen and oxygen atoms in total. The molecule has 108 valence electrons. The lowest BCUT2D eigenvalue weighted by Gasteiger charge is -2.05. The Morgan fingerprint density at radius 3 is 3.05 bits per heavy atom. The van der Waals surface area contributed by atoms with Crippen LogP contribution < -0.4 is 11.5 Å². The van der Waals surface area contributed by atoms with Crippen LogP contribution in [0.15, 0.2) is 32.8 Å². The number of nitrogens with two attached hydrogens (primary N) is 1. The predicted octanol–water partition coefficient (Wildman–Crippen LogP) is 2.61. The summed E-state index contributed by atoms with van der Waals surface area (Å²) < 4.78 is 10.1. The van der Waals surface area contributed by atoms with Gasteiger partial charge < -0.3 is 14.9 Å². The van der Waals surface area contributed by atoms with Crippen LogP contribution >= 0.6 is 11.3 Å². The van der Waals surface area contributed by atoms with Gasteiger partial charge in [0.25, 0.3) is 0 Å². The lowest BCUT2D eigenvalue weighted by atomic mass is 10.0. The number of nitrogens with one attached hydrogen (secondary N) is 1. The van der Waals surface area contributed by atoms with Crippen molar-refractivity contribution in [2.75, 3.05) is 12.3 Å². The van der Waals surface area contributed by atoms with Crippen LogP contribution in [0, 0.1) is 0 Å². The maximum absolute atomic E-state index is 12.0.